The van der Waals surface area contributed by atoms with Gasteiger partial charge in [-0.1, -0.05) is 0 Å². The molecule has 6 nitrogen and oxygen atoms in total. The van der Waals surface area contributed by atoms with E-state index in [4.69, 9.17) is 0 Å². The molecule has 1 aromatic heterocycles. The van der Waals surface area contributed by atoms with Crippen LogP contribution in [0, 0.1) is 0 Å². The minimum Gasteiger partial charge on any atom is -0.354 e. The Morgan fingerprint density at radius 1 is 1.56 bits per heavy atom. The fraction of sp³-hybridized carbons (Fsp3) is 0.583. The fourth-order valence-electron chi connectivity index (χ4n) is 1.60. The summed E-state index contributed by atoms with van der Waals surface area (Å²) < 4.78 is 0. The number of rotatable bonds is 6. The molecule has 18 heavy (non-hydrogen) atoms. The first-order valence-electron chi connectivity index (χ1n) is 6.26. The molecule has 0 aliphatic heterocycles. The van der Waals surface area contributed by atoms with Crippen molar-refractivity contribution < 1.29 is 4.79 Å². The van der Waals surface area contributed by atoms with Crippen molar-refractivity contribution in [3.8, 4) is 0 Å². The van der Waals surface area contributed by atoms with Crippen LogP contribution in [0.5, 0.6) is 0 Å². The van der Waals surface area contributed by atoms with Gasteiger partial charge in [-0.3, -0.25) is 4.79 Å². The molecule has 0 unspecified atom stereocenters. The SMILES string of the molecule is CCNc1nccc(N(C)CC(=O)NC2CC2)n1. The highest BCUT2D eigenvalue weighted by Crippen LogP contribution is 2.18. The topological polar surface area (TPSA) is 70.2 Å². The molecule has 0 atom stereocenters. The van der Waals surface area contributed by atoms with E-state index < -0.39 is 0 Å². The van der Waals surface area contributed by atoms with Crippen LogP contribution in [0.4, 0.5) is 11.8 Å². The van der Waals surface area contributed by atoms with E-state index in [0.29, 0.717) is 18.5 Å². The van der Waals surface area contributed by atoms with Gasteiger partial charge < -0.3 is 15.5 Å². The van der Waals surface area contributed by atoms with Gasteiger partial charge >= 0.3 is 0 Å². The summed E-state index contributed by atoms with van der Waals surface area (Å²) in [5, 5.41) is 6.00. The molecule has 1 amide bonds. The third kappa shape index (κ3) is 3.58. The lowest BCUT2D eigenvalue weighted by Gasteiger charge is -2.18. The van der Waals surface area contributed by atoms with Crippen molar-refractivity contribution in [3.63, 3.8) is 0 Å². The van der Waals surface area contributed by atoms with Gasteiger partial charge in [0.05, 0.1) is 6.54 Å². The third-order valence-electron chi connectivity index (χ3n) is 2.69. The van der Waals surface area contributed by atoms with Gasteiger partial charge in [-0.25, -0.2) is 4.98 Å². The summed E-state index contributed by atoms with van der Waals surface area (Å²) >= 11 is 0. The van der Waals surface area contributed by atoms with E-state index in [9.17, 15) is 4.79 Å². The maximum atomic E-state index is 11.7. The molecular weight excluding hydrogens is 230 g/mol. The van der Waals surface area contributed by atoms with Crippen molar-refractivity contribution in [2.75, 3.05) is 30.4 Å². The maximum Gasteiger partial charge on any atom is 0.239 e. The number of hydrogen-bond donors (Lipinski definition) is 2. The average molecular weight is 249 g/mol. The molecule has 1 fully saturated rings. The zero-order chi connectivity index (χ0) is 13.0. The highest BCUT2D eigenvalue weighted by atomic mass is 16.2. The summed E-state index contributed by atoms with van der Waals surface area (Å²) in [4.78, 5) is 21.9. The zero-order valence-corrected chi connectivity index (χ0v) is 10.8. The molecule has 0 spiro atoms. The second-order valence-corrected chi connectivity index (χ2v) is 4.47. The van der Waals surface area contributed by atoms with Crippen LogP contribution in [-0.2, 0) is 4.79 Å². The van der Waals surface area contributed by atoms with E-state index in [0.717, 1.165) is 25.2 Å². The standard InChI is InChI=1S/C12H19N5O/c1-3-13-12-14-7-6-10(16-12)17(2)8-11(18)15-9-4-5-9/h6-7,9H,3-5,8H2,1-2H3,(H,15,18)(H,13,14,16). The molecule has 0 saturated heterocycles. The Kier molecular flexibility index (Phi) is 3.96. The lowest BCUT2D eigenvalue weighted by atomic mass is 10.4. The van der Waals surface area contributed by atoms with Crippen molar-refractivity contribution in [1.29, 1.82) is 0 Å². The molecule has 1 aliphatic carbocycles. The summed E-state index contributed by atoms with van der Waals surface area (Å²) in [5.74, 6) is 1.37. The van der Waals surface area contributed by atoms with Crippen LogP contribution >= 0.6 is 0 Å². The molecule has 0 radical (unpaired) electrons. The van der Waals surface area contributed by atoms with Gasteiger partial charge in [0.15, 0.2) is 0 Å². The van der Waals surface area contributed by atoms with Gasteiger partial charge in [0, 0.05) is 25.8 Å². The molecule has 1 aliphatic rings. The van der Waals surface area contributed by atoms with Gasteiger partial charge in [0.2, 0.25) is 11.9 Å². The first-order chi connectivity index (χ1) is 8.69. The highest BCUT2D eigenvalue weighted by Gasteiger charge is 2.23. The second kappa shape index (κ2) is 5.66. The van der Waals surface area contributed by atoms with Gasteiger partial charge in [0.25, 0.3) is 0 Å². The van der Waals surface area contributed by atoms with Crippen molar-refractivity contribution in [2.45, 2.75) is 25.8 Å². The summed E-state index contributed by atoms with van der Waals surface area (Å²) in [6.45, 7) is 3.08. The van der Waals surface area contributed by atoms with Gasteiger partial charge in [-0.2, -0.15) is 4.98 Å². The summed E-state index contributed by atoms with van der Waals surface area (Å²) in [6, 6.07) is 2.19. The van der Waals surface area contributed by atoms with Crippen molar-refractivity contribution in [1.82, 2.24) is 15.3 Å². The molecule has 2 N–H and O–H groups in total. The molecule has 2 rings (SSSR count). The molecule has 6 heteroatoms. The molecule has 0 aromatic carbocycles. The summed E-state index contributed by atoms with van der Waals surface area (Å²) in [7, 11) is 1.85. The van der Waals surface area contributed by atoms with Crippen molar-refractivity contribution in [3.05, 3.63) is 12.3 Å². The van der Waals surface area contributed by atoms with Crippen LogP contribution in [0.15, 0.2) is 12.3 Å². The zero-order valence-electron chi connectivity index (χ0n) is 10.8. The number of carbonyl (C=O) groups excluding carboxylic acids is 1. The largest absolute Gasteiger partial charge is 0.354 e. The number of likely N-dealkylation sites (N-methyl/N-ethyl adjacent to an activating group) is 1. The number of carbonyl (C=O) groups is 1. The molecule has 1 heterocycles. The maximum absolute atomic E-state index is 11.7. The van der Waals surface area contributed by atoms with Crippen LogP contribution in [0.2, 0.25) is 0 Å². The first kappa shape index (κ1) is 12.6. The highest BCUT2D eigenvalue weighted by molar-refractivity contribution is 5.81. The predicted octanol–water partition coefficient (Wildman–Crippen LogP) is 0.623. The van der Waals surface area contributed by atoms with Gasteiger partial charge in [-0.15, -0.1) is 0 Å². The first-order valence-corrected chi connectivity index (χ1v) is 6.26. The van der Waals surface area contributed by atoms with Crippen LogP contribution in [0.1, 0.15) is 19.8 Å². The third-order valence-corrected chi connectivity index (χ3v) is 2.69. The van der Waals surface area contributed by atoms with Gasteiger partial charge in [-0.05, 0) is 25.8 Å². The Hall–Kier alpha value is -1.85. The van der Waals surface area contributed by atoms with Crippen molar-refractivity contribution >= 4 is 17.7 Å². The summed E-state index contributed by atoms with van der Waals surface area (Å²) in [6.07, 6.45) is 3.90. The molecular formula is C12H19N5O. The Bertz CT molecular complexity index is 419. The molecule has 1 aromatic rings. The minimum atomic E-state index is 0.0450. The van der Waals surface area contributed by atoms with E-state index in [1.165, 1.54) is 0 Å². The van der Waals surface area contributed by atoms with Crippen LogP contribution < -0.4 is 15.5 Å². The van der Waals surface area contributed by atoms with E-state index >= 15 is 0 Å². The smallest absolute Gasteiger partial charge is 0.239 e. The fourth-order valence-corrected chi connectivity index (χ4v) is 1.60. The van der Waals surface area contributed by atoms with Crippen molar-refractivity contribution in [2.24, 2.45) is 0 Å². The second-order valence-electron chi connectivity index (χ2n) is 4.47. The van der Waals surface area contributed by atoms with E-state index in [2.05, 4.69) is 20.6 Å². The number of nitrogens with one attached hydrogen (secondary N) is 2. The van der Waals surface area contributed by atoms with E-state index in [-0.39, 0.29) is 5.91 Å². The predicted molar refractivity (Wildman–Crippen MR) is 70.6 cm³/mol. The number of nitrogens with zero attached hydrogens (tertiary/aromatic N) is 3. The quantitative estimate of drug-likeness (QED) is 0.773. The van der Waals surface area contributed by atoms with Crippen LogP contribution in [-0.4, -0.2) is 42.1 Å². The van der Waals surface area contributed by atoms with Crippen LogP contribution in [0.3, 0.4) is 0 Å². The summed E-state index contributed by atoms with van der Waals surface area (Å²) in [5.41, 5.74) is 0. The normalized spacial score (nSPS) is 14.1. The lowest BCUT2D eigenvalue weighted by molar-refractivity contribution is -0.119. The number of amides is 1. The monoisotopic (exact) mass is 249 g/mol. The number of aromatic nitrogens is 2. The number of anilines is 2. The van der Waals surface area contributed by atoms with Gasteiger partial charge in [0.1, 0.15) is 5.82 Å². The molecule has 0 bridgehead atoms. The molecule has 98 valence electrons. The molecule has 1 saturated carbocycles. The number of hydrogen-bond acceptors (Lipinski definition) is 5. The van der Waals surface area contributed by atoms with Crippen LogP contribution in [0.25, 0.3) is 0 Å². The van der Waals surface area contributed by atoms with E-state index in [1.807, 2.05) is 18.9 Å². The Morgan fingerprint density at radius 3 is 3.00 bits per heavy atom. The Balaban J connectivity index is 1.91. The van der Waals surface area contributed by atoms with E-state index in [1.54, 1.807) is 12.3 Å². The lowest BCUT2D eigenvalue weighted by Crippen LogP contribution is -2.36. The Morgan fingerprint density at radius 2 is 2.33 bits per heavy atom. The minimum absolute atomic E-state index is 0.0450. The average Bonchev–Trinajstić information content (AvgIpc) is 3.13. The Labute approximate surface area is 107 Å².